The van der Waals surface area contributed by atoms with Crippen molar-refractivity contribution in [3.8, 4) is 0 Å². The Balaban J connectivity index is 1.74. The fraction of sp³-hybridized carbons (Fsp3) is 0.588. The zero-order valence-electron chi connectivity index (χ0n) is 12.2. The van der Waals surface area contributed by atoms with Crippen molar-refractivity contribution in [3.05, 3.63) is 35.6 Å². The molecular formula is C17H24FNO. The predicted octanol–water partition coefficient (Wildman–Crippen LogP) is 4.02. The topological polar surface area (TPSA) is 29.1 Å². The largest absolute Gasteiger partial charge is 0.356 e. The summed E-state index contributed by atoms with van der Waals surface area (Å²) in [5.74, 6) is 0.658. The normalized spacial score (nSPS) is 17.7. The first-order valence-corrected chi connectivity index (χ1v) is 7.67. The highest BCUT2D eigenvalue weighted by molar-refractivity contribution is 5.76. The van der Waals surface area contributed by atoms with Crippen molar-refractivity contribution >= 4 is 5.91 Å². The number of amides is 1. The minimum absolute atomic E-state index is 0.104. The SMILES string of the molecule is CC(CC(=O)NCC1CCCCC1)c1ccc(F)cc1. The number of nitrogens with one attached hydrogen (secondary N) is 1. The molecule has 2 rings (SSSR count). The summed E-state index contributed by atoms with van der Waals surface area (Å²) >= 11 is 0. The predicted molar refractivity (Wildman–Crippen MR) is 79.0 cm³/mol. The number of halogens is 1. The van der Waals surface area contributed by atoms with Crippen molar-refractivity contribution < 1.29 is 9.18 Å². The molecule has 1 fully saturated rings. The molecule has 0 radical (unpaired) electrons. The quantitative estimate of drug-likeness (QED) is 0.865. The average molecular weight is 277 g/mol. The van der Waals surface area contributed by atoms with E-state index in [-0.39, 0.29) is 17.6 Å². The number of carbonyl (C=O) groups excluding carboxylic acids is 1. The standard InChI is InChI=1S/C17H24FNO/c1-13(15-7-9-16(18)10-8-15)11-17(20)19-12-14-5-3-2-4-6-14/h7-10,13-14H,2-6,11-12H2,1H3,(H,19,20). The Morgan fingerprint density at radius 2 is 1.90 bits per heavy atom. The Bertz CT molecular complexity index is 423. The highest BCUT2D eigenvalue weighted by atomic mass is 19.1. The summed E-state index contributed by atoms with van der Waals surface area (Å²) in [6.45, 7) is 2.82. The minimum atomic E-state index is -0.234. The van der Waals surface area contributed by atoms with E-state index in [2.05, 4.69) is 5.32 Å². The van der Waals surface area contributed by atoms with E-state index in [0.717, 1.165) is 12.1 Å². The molecule has 0 aromatic heterocycles. The van der Waals surface area contributed by atoms with E-state index >= 15 is 0 Å². The van der Waals surface area contributed by atoms with Gasteiger partial charge in [-0.1, -0.05) is 38.3 Å². The van der Waals surface area contributed by atoms with E-state index in [4.69, 9.17) is 0 Å². The molecule has 1 aromatic rings. The summed E-state index contributed by atoms with van der Waals surface area (Å²) in [5, 5.41) is 3.05. The van der Waals surface area contributed by atoms with Crippen LogP contribution in [0.15, 0.2) is 24.3 Å². The van der Waals surface area contributed by atoms with Gasteiger partial charge < -0.3 is 5.32 Å². The van der Waals surface area contributed by atoms with Gasteiger partial charge in [0.2, 0.25) is 5.91 Å². The monoisotopic (exact) mass is 277 g/mol. The van der Waals surface area contributed by atoms with Gasteiger partial charge in [-0.05, 0) is 42.4 Å². The van der Waals surface area contributed by atoms with Crippen molar-refractivity contribution in [3.63, 3.8) is 0 Å². The third kappa shape index (κ3) is 4.62. The zero-order valence-corrected chi connectivity index (χ0v) is 12.2. The van der Waals surface area contributed by atoms with Gasteiger partial charge in [0.05, 0.1) is 0 Å². The number of hydrogen-bond donors (Lipinski definition) is 1. The van der Waals surface area contributed by atoms with Crippen LogP contribution in [0.4, 0.5) is 4.39 Å². The smallest absolute Gasteiger partial charge is 0.220 e. The van der Waals surface area contributed by atoms with Crippen LogP contribution in [0.1, 0.15) is 56.9 Å². The summed E-state index contributed by atoms with van der Waals surface area (Å²) in [7, 11) is 0. The first-order chi connectivity index (χ1) is 9.65. The lowest BCUT2D eigenvalue weighted by Gasteiger charge is -2.22. The van der Waals surface area contributed by atoms with Gasteiger partial charge in [0.1, 0.15) is 5.82 Å². The van der Waals surface area contributed by atoms with Gasteiger partial charge in [0, 0.05) is 13.0 Å². The molecule has 1 unspecified atom stereocenters. The van der Waals surface area contributed by atoms with E-state index in [9.17, 15) is 9.18 Å². The lowest BCUT2D eigenvalue weighted by molar-refractivity contribution is -0.121. The molecule has 1 N–H and O–H groups in total. The van der Waals surface area contributed by atoms with Crippen molar-refractivity contribution in [2.45, 2.75) is 51.4 Å². The molecule has 20 heavy (non-hydrogen) atoms. The van der Waals surface area contributed by atoms with E-state index in [1.807, 2.05) is 6.92 Å². The molecule has 0 heterocycles. The summed E-state index contributed by atoms with van der Waals surface area (Å²) in [4.78, 5) is 12.0. The van der Waals surface area contributed by atoms with E-state index in [1.54, 1.807) is 12.1 Å². The molecule has 1 amide bonds. The van der Waals surface area contributed by atoms with Crippen molar-refractivity contribution in [2.75, 3.05) is 6.54 Å². The number of hydrogen-bond acceptors (Lipinski definition) is 1. The number of benzene rings is 1. The zero-order chi connectivity index (χ0) is 14.4. The summed E-state index contributed by atoms with van der Waals surface area (Å²) < 4.78 is 12.9. The highest BCUT2D eigenvalue weighted by Gasteiger charge is 2.16. The Labute approximate surface area is 120 Å². The molecule has 3 heteroatoms. The van der Waals surface area contributed by atoms with Crippen LogP contribution in [0.2, 0.25) is 0 Å². The third-order valence-corrected chi connectivity index (χ3v) is 4.24. The Morgan fingerprint density at radius 1 is 1.25 bits per heavy atom. The van der Waals surface area contributed by atoms with Gasteiger partial charge >= 0.3 is 0 Å². The molecular weight excluding hydrogens is 253 g/mol. The molecule has 2 nitrogen and oxygen atoms in total. The van der Waals surface area contributed by atoms with Crippen LogP contribution in [0, 0.1) is 11.7 Å². The van der Waals surface area contributed by atoms with Gasteiger partial charge in [0.25, 0.3) is 0 Å². The highest BCUT2D eigenvalue weighted by Crippen LogP contribution is 2.23. The van der Waals surface area contributed by atoms with Gasteiger partial charge in [-0.15, -0.1) is 0 Å². The number of rotatable bonds is 5. The first-order valence-electron chi connectivity index (χ1n) is 7.67. The summed E-state index contributed by atoms with van der Waals surface area (Å²) in [5.41, 5.74) is 1.01. The van der Waals surface area contributed by atoms with Gasteiger partial charge in [-0.2, -0.15) is 0 Å². The molecule has 1 aromatic carbocycles. The van der Waals surface area contributed by atoms with Crippen LogP contribution in [0.3, 0.4) is 0 Å². The van der Waals surface area contributed by atoms with Gasteiger partial charge in [0.15, 0.2) is 0 Å². The molecule has 110 valence electrons. The van der Waals surface area contributed by atoms with Crippen molar-refractivity contribution in [1.29, 1.82) is 0 Å². The van der Waals surface area contributed by atoms with Gasteiger partial charge in [-0.3, -0.25) is 4.79 Å². The van der Waals surface area contributed by atoms with Crippen LogP contribution in [0.25, 0.3) is 0 Å². The molecule has 1 atom stereocenters. The summed E-state index contributed by atoms with van der Waals surface area (Å²) in [6.07, 6.45) is 6.89. The fourth-order valence-electron chi connectivity index (χ4n) is 2.91. The lowest BCUT2D eigenvalue weighted by atomic mass is 9.89. The van der Waals surface area contributed by atoms with Crippen molar-refractivity contribution in [1.82, 2.24) is 5.32 Å². The Hall–Kier alpha value is -1.38. The van der Waals surface area contributed by atoms with Crippen LogP contribution in [0.5, 0.6) is 0 Å². The maximum atomic E-state index is 12.9. The molecule has 0 spiro atoms. The van der Waals surface area contributed by atoms with E-state index in [0.29, 0.717) is 12.3 Å². The lowest BCUT2D eigenvalue weighted by Crippen LogP contribution is -2.30. The molecule has 0 saturated heterocycles. The molecule has 0 aliphatic heterocycles. The van der Waals surface area contributed by atoms with Crippen LogP contribution < -0.4 is 5.32 Å². The van der Waals surface area contributed by atoms with Crippen LogP contribution in [-0.4, -0.2) is 12.5 Å². The van der Waals surface area contributed by atoms with Crippen LogP contribution in [-0.2, 0) is 4.79 Å². The molecule has 1 aliphatic rings. The molecule has 0 bridgehead atoms. The minimum Gasteiger partial charge on any atom is -0.356 e. The Morgan fingerprint density at radius 3 is 2.55 bits per heavy atom. The van der Waals surface area contributed by atoms with Crippen LogP contribution >= 0.6 is 0 Å². The van der Waals surface area contributed by atoms with Gasteiger partial charge in [-0.25, -0.2) is 4.39 Å². The maximum Gasteiger partial charge on any atom is 0.220 e. The van der Waals surface area contributed by atoms with E-state index in [1.165, 1.54) is 44.2 Å². The second-order valence-electron chi connectivity index (χ2n) is 5.96. The maximum absolute atomic E-state index is 12.9. The van der Waals surface area contributed by atoms with E-state index < -0.39 is 0 Å². The summed E-state index contributed by atoms with van der Waals surface area (Å²) in [6, 6.07) is 6.42. The first kappa shape index (κ1) is 15.0. The average Bonchev–Trinajstić information content (AvgIpc) is 2.47. The second-order valence-corrected chi connectivity index (χ2v) is 5.96. The fourth-order valence-corrected chi connectivity index (χ4v) is 2.91. The second kappa shape index (κ2) is 7.41. The molecule has 1 aliphatic carbocycles. The Kier molecular flexibility index (Phi) is 5.57. The van der Waals surface area contributed by atoms with Crippen molar-refractivity contribution in [2.24, 2.45) is 5.92 Å². The third-order valence-electron chi connectivity index (χ3n) is 4.24. The molecule has 1 saturated carbocycles. The number of carbonyl (C=O) groups is 1.